The van der Waals surface area contributed by atoms with Gasteiger partial charge < -0.3 is 0 Å². The van der Waals surface area contributed by atoms with Crippen LogP contribution in [-0.4, -0.2) is 10.5 Å². The van der Waals surface area contributed by atoms with E-state index in [2.05, 4.69) is 6.07 Å². The van der Waals surface area contributed by atoms with Crippen molar-refractivity contribution in [2.75, 3.05) is 0 Å². The summed E-state index contributed by atoms with van der Waals surface area (Å²) in [5, 5.41) is 0. The molecule has 2 nitrogen and oxygen atoms in total. The molecule has 3 rings (SSSR count). The molecule has 0 unspecified atom stereocenters. The molecule has 14 heavy (non-hydrogen) atoms. The molecule has 0 saturated carbocycles. The summed E-state index contributed by atoms with van der Waals surface area (Å²) in [7, 11) is 0. The first-order valence-corrected chi connectivity index (χ1v) is 5.20. The highest BCUT2D eigenvalue weighted by Crippen LogP contribution is 2.34. The quantitative estimate of drug-likeness (QED) is 0.611. The average molecular weight is 187 g/mol. The predicted molar refractivity (Wildman–Crippen MR) is 54.4 cm³/mol. The Balaban J connectivity index is 2.17. The van der Waals surface area contributed by atoms with Crippen LogP contribution in [0, 0.1) is 6.92 Å². The third-order valence-electron chi connectivity index (χ3n) is 3.34. The summed E-state index contributed by atoms with van der Waals surface area (Å²) in [6, 6.07) is 4.12. The molecule has 0 aromatic carbocycles. The van der Waals surface area contributed by atoms with Gasteiger partial charge in [-0.1, -0.05) is 5.57 Å². The SMILES string of the molecule is Cc1ccc2n1C(=O)C1=C(CCC1)C2. The number of rotatable bonds is 0. The molecule has 2 heteroatoms. The van der Waals surface area contributed by atoms with E-state index < -0.39 is 0 Å². The van der Waals surface area contributed by atoms with Crippen LogP contribution in [0.4, 0.5) is 0 Å². The largest absolute Gasteiger partial charge is 0.285 e. The van der Waals surface area contributed by atoms with Crippen molar-refractivity contribution in [1.82, 2.24) is 4.57 Å². The van der Waals surface area contributed by atoms with E-state index in [0.29, 0.717) is 0 Å². The molecule has 1 aliphatic carbocycles. The van der Waals surface area contributed by atoms with Crippen LogP contribution in [0.2, 0.25) is 0 Å². The van der Waals surface area contributed by atoms with Crippen LogP contribution in [0.5, 0.6) is 0 Å². The number of aromatic nitrogens is 1. The number of allylic oxidation sites excluding steroid dienone is 2. The Morgan fingerprint density at radius 1 is 1.29 bits per heavy atom. The Morgan fingerprint density at radius 2 is 2.14 bits per heavy atom. The van der Waals surface area contributed by atoms with Crippen LogP contribution in [-0.2, 0) is 6.42 Å². The molecule has 0 saturated heterocycles. The van der Waals surface area contributed by atoms with Crippen molar-refractivity contribution in [2.45, 2.75) is 32.6 Å². The lowest BCUT2D eigenvalue weighted by Gasteiger charge is -2.18. The minimum atomic E-state index is 0.237. The Labute approximate surface area is 83.2 Å². The Bertz CT molecular complexity index is 451. The Hall–Kier alpha value is -1.31. The molecule has 0 spiro atoms. The molecule has 1 aromatic rings. The molecule has 0 bridgehead atoms. The molecule has 0 amide bonds. The number of carbonyl (C=O) groups is 1. The number of aryl methyl sites for hydroxylation is 1. The second-order valence-electron chi connectivity index (χ2n) is 4.22. The topological polar surface area (TPSA) is 22.0 Å². The molecule has 72 valence electrons. The fourth-order valence-corrected chi connectivity index (χ4v) is 2.63. The second-order valence-corrected chi connectivity index (χ2v) is 4.22. The molecule has 0 atom stereocenters. The lowest BCUT2D eigenvalue weighted by atomic mass is 10.0. The molecular weight excluding hydrogens is 174 g/mol. The van der Waals surface area contributed by atoms with Crippen LogP contribution in [0.3, 0.4) is 0 Å². The van der Waals surface area contributed by atoms with Crippen molar-refractivity contribution in [1.29, 1.82) is 0 Å². The van der Waals surface area contributed by atoms with E-state index >= 15 is 0 Å². The first kappa shape index (κ1) is 8.04. The van der Waals surface area contributed by atoms with E-state index in [1.807, 2.05) is 17.6 Å². The minimum absolute atomic E-state index is 0.237. The van der Waals surface area contributed by atoms with Gasteiger partial charge in [-0.05, 0) is 38.3 Å². The van der Waals surface area contributed by atoms with Gasteiger partial charge in [-0.2, -0.15) is 0 Å². The zero-order valence-corrected chi connectivity index (χ0v) is 8.34. The van der Waals surface area contributed by atoms with E-state index in [1.54, 1.807) is 0 Å². The van der Waals surface area contributed by atoms with Crippen molar-refractivity contribution >= 4 is 5.91 Å². The number of hydrogen-bond donors (Lipinski definition) is 0. The van der Waals surface area contributed by atoms with Crippen molar-refractivity contribution in [3.8, 4) is 0 Å². The van der Waals surface area contributed by atoms with E-state index in [-0.39, 0.29) is 5.91 Å². The van der Waals surface area contributed by atoms with Crippen molar-refractivity contribution in [3.05, 3.63) is 34.7 Å². The number of hydrogen-bond acceptors (Lipinski definition) is 1. The number of nitrogens with zero attached hydrogens (tertiary/aromatic N) is 1. The fraction of sp³-hybridized carbons (Fsp3) is 0.417. The summed E-state index contributed by atoms with van der Waals surface area (Å²) in [5.41, 5.74) is 4.73. The summed E-state index contributed by atoms with van der Waals surface area (Å²) in [6.07, 6.45) is 4.28. The van der Waals surface area contributed by atoms with Gasteiger partial charge in [0, 0.05) is 23.4 Å². The maximum atomic E-state index is 12.1. The normalized spacial score (nSPS) is 19.9. The summed E-state index contributed by atoms with van der Waals surface area (Å²) < 4.78 is 1.88. The van der Waals surface area contributed by atoms with E-state index in [0.717, 1.165) is 30.5 Å². The lowest BCUT2D eigenvalue weighted by molar-refractivity contribution is 0.0943. The van der Waals surface area contributed by atoms with Gasteiger partial charge in [-0.15, -0.1) is 0 Å². The molecular formula is C12H13NO. The maximum Gasteiger partial charge on any atom is 0.258 e. The lowest BCUT2D eigenvalue weighted by Crippen LogP contribution is -2.22. The summed E-state index contributed by atoms with van der Waals surface area (Å²) >= 11 is 0. The zero-order valence-electron chi connectivity index (χ0n) is 8.34. The highest BCUT2D eigenvalue weighted by Gasteiger charge is 2.28. The van der Waals surface area contributed by atoms with Gasteiger partial charge >= 0.3 is 0 Å². The fourth-order valence-electron chi connectivity index (χ4n) is 2.63. The second kappa shape index (κ2) is 2.59. The predicted octanol–water partition coefficient (Wildman–Crippen LogP) is 2.47. The van der Waals surface area contributed by atoms with Crippen LogP contribution < -0.4 is 0 Å². The smallest absolute Gasteiger partial charge is 0.258 e. The van der Waals surface area contributed by atoms with Gasteiger partial charge in [-0.3, -0.25) is 9.36 Å². The Kier molecular flexibility index (Phi) is 1.49. The zero-order chi connectivity index (χ0) is 9.71. The monoisotopic (exact) mass is 187 g/mol. The van der Waals surface area contributed by atoms with Crippen molar-refractivity contribution < 1.29 is 4.79 Å². The van der Waals surface area contributed by atoms with Crippen molar-refractivity contribution in [2.24, 2.45) is 0 Å². The summed E-state index contributed by atoms with van der Waals surface area (Å²) in [6.45, 7) is 2.00. The molecule has 1 aromatic heterocycles. The van der Waals surface area contributed by atoms with Crippen LogP contribution in [0.25, 0.3) is 0 Å². The molecule has 1 aliphatic heterocycles. The van der Waals surface area contributed by atoms with E-state index in [9.17, 15) is 4.79 Å². The third-order valence-corrected chi connectivity index (χ3v) is 3.34. The standard InChI is InChI=1S/C12H13NO/c1-8-5-6-10-7-9-3-2-4-11(9)12(14)13(8)10/h5-6H,2-4,7H2,1H3. The molecule has 2 aliphatic rings. The molecule has 0 radical (unpaired) electrons. The maximum absolute atomic E-state index is 12.1. The molecule has 0 fully saturated rings. The van der Waals surface area contributed by atoms with Gasteiger partial charge in [0.15, 0.2) is 0 Å². The van der Waals surface area contributed by atoms with Gasteiger partial charge in [-0.25, -0.2) is 0 Å². The number of fused-ring (bicyclic) bond motifs is 1. The Morgan fingerprint density at radius 3 is 3.00 bits per heavy atom. The van der Waals surface area contributed by atoms with Gasteiger partial charge in [0.2, 0.25) is 0 Å². The molecule has 2 heterocycles. The van der Waals surface area contributed by atoms with Gasteiger partial charge in [0.05, 0.1) is 0 Å². The van der Waals surface area contributed by atoms with Crippen LogP contribution in [0.1, 0.15) is 35.4 Å². The van der Waals surface area contributed by atoms with E-state index in [1.165, 1.54) is 17.7 Å². The summed E-state index contributed by atoms with van der Waals surface area (Å²) in [4.78, 5) is 12.1. The van der Waals surface area contributed by atoms with Crippen molar-refractivity contribution in [3.63, 3.8) is 0 Å². The average Bonchev–Trinajstić information content (AvgIpc) is 2.74. The van der Waals surface area contributed by atoms with Gasteiger partial charge in [0.1, 0.15) is 0 Å². The first-order chi connectivity index (χ1) is 6.77. The highest BCUT2D eigenvalue weighted by atomic mass is 16.2. The van der Waals surface area contributed by atoms with E-state index in [4.69, 9.17) is 0 Å². The third kappa shape index (κ3) is 0.884. The first-order valence-electron chi connectivity index (χ1n) is 5.20. The number of carbonyl (C=O) groups excluding carboxylic acids is 1. The van der Waals surface area contributed by atoms with Crippen LogP contribution in [0.15, 0.2) is 23.3 Å². The van der Waals surface area contributed by atoms with Gasteiger partial charge in [0.25, 0.3) is 5.91 Å². The summed E-state index contributed by atoms with van der Waals surface area (Å²) in [5.74, 6) is 0.237. The highest BCUT2D eigenvalue weighted by molar-refractivity contribution is 5.98. The molecule has 0 N–H and O–H groups in total. The minimum Gasteiger partial charge on any atom is -0.285 e. The van der Waals surface area contributed by atoms with Crippen LogP contribution >= 0.6 is 0 Å².